The zero-order valence-corrected chi connectivity index (χ0v) is 16.5. The average Bonchev–Trinajstić information content (AvgIpc) is 2.54. The molecule has 2 aromatic carbocycles. The smallest absolute Gasteiger partial charge is 0.123 e. The van der Waals surface area contributed by atoms with Gasteiger partial charge in [0.1, 0.15) is 24.9 Å². The van der Waals surface area contributed by atoms with Crippen molar-refractivity contribution < 1.29 is 13.9 Å². The van der Waals surface area contributed by atoms with E-state index in [4.69, 9.17) is 9.47 Å². The quantitative estimate of drug-likeness (QED) is 0.474. The van der Waals surface area contributed by atoms with Crippen LogP contribution in [0.5, 0.6) is 5.75 Å². The summed E-state index contributed by atoms with van der Waals surface area (Å²) in [7, 11) is 0. The van der Waals surface area contributed by atoms with Crippen LogP contribution in [-0.2, 0) is 11.3 Å². The van der Waals surface area contributed by atoms with E-state index in [1.807, 2.05) is 32.0 Å². The first-order valence-corrected chi connectivity index (χ1v) is 9.05. The Hall–Kier alpha value is -2.07. The van der Waals surface area contributed by atoms with E-state index >= 15 is 0 Å². The molecule has 0 heterocycles. The number of rotatable bonds is 8. The first-order valence-electron chi connectivity index (χ1n) is 9.05. The van der Waals surface area contributed by atoms with Gasteiger partial charge in [0.25, 0.3) is 0 Å². The molecule has 0 atom stereocenters. The summed E-state index contributed by atoms with van der Waals surface area (Å²) in [5.74, 6) is 0.535. The molecule has 0 bridgehead atoms. The van der Waals surface area contributed by atoms with Gasteiger partial charge in [0.2, 0.25) is 0 Å². The summed E-state index contributed by atoms with van der Waals surface area (Å²) in [6.45, 7) is 12.3. The normalized spacial score (nSPS) is 11.5. The Bertz CT molecular complexity index is 699. The van der Waals surface area contributed by atoms with Crippen molar-refractivity contribution in [3.8, 4) is 5.75 Å². The summed E-state index contributed by atoms with van der Waals surface area (Å²) >= 11 is 0. The van der Waals surface area contributed by atoms with E-state index < -0.39 is 0 Å². The lowest BCUT2D eigenvalue weighted by Gasteiger charge is -2.19. The van der Waals surface area contributed by atoms with Crippen LogP contribution in [-0.4, -0.2) is 13.3 Å². The molecule has 0 radical (unpaired) electrons. The number of aryl methyl sites for hydroxylation is 2. The summed E-state index contributed by atoms with van der Waals surface area (Å²) < 4.78 is 24.7. The van der Waals surface area contributed by atoms with Crippen LogP contribution in [0, 0.1) is 25.1 Å². The van der Waals surface area contributed by atoms with E-state index in [9.17, 15) is 4.39 Å². The molecule has 2 aromatic rings. The largest absolute Gasteiger partial charge is 0.489 e. The first-order chi connectivity index (χ1) is 12.2. The van der Waals surface area contributed by atoms with Gasteiger partial charge < -0.3 is 14.8 Å². The van der Waals surface area contributed by atoms with Crippen molar-refractivity contribution in [2.75, 3.05) is 18.7 Å². The Morgan fingerprint density at radius 2 is 1.73 bits per heavy atom. The van der Waals surface area contributed by atoms with Gasteiger partial charge in [-0.15, -0.1) is 0 Å². The minimum atomic E-state index is -0.246. The van der Waals surface area contributed by atoms with E-state index in [2.05, 4.69) is 26.1 Å². The predicted octanol–water partition coefficient (Wildman–Crippen LogP) is 5.84. The number of hydrogen-bond acceptors (Lipinski definition) is 3. The minimum absolute atomic E-state index is 0.246. The van der Waals surface area contributed by atoms with Crippen molar-refractivity contribution in [1.82, 2.24) is 0 Å². The van der Waals surface area contributed by atoms with Gasteiger partial charge in [-0.2, -0.15) is 0 Å². The molecule has 0 aliphatic rings. The molecular formula is C22H30FNO2. The van der Waals surface area contributed by atoms with Gasteiger partial charge >= 0.3 is 0 Å². The number of anilines is 1. The topological polar surface area (TPSA) is 30.5 Å². The molecule has 0 aromatic heterocycles. The molecule has 4 heteroatoms. The van der Waals surface area contributed by atoms with Crippen LogP contribution in [0.2, 0.25) is 0 Å². The molecule has 0 saturated carbocycles. The first kappa shape index (κ1) is 20.2. The van der Waals surface area contributed by atoms with E-state index in [0.717, 1.165) is 41.2 Å². The van der Waals surface area contributed by atoms with E-state index in [-0.39, 0.29) is 11.2 Å². The molecule has 0 unspecified atom stereocenters. The second-order valence-electron chi connectivity index (χ2n) is 7.89. The summed E-state index contributed by atoms with van der Waals surface area (Å²) in [5, 5.41) is 3.35. The maximum atomic E-state index is 13.2. The fourth-order valence-electron chi connectivity index (χ4n) is 2.65. The molecule has 26 heavy (non-hydrogen) atoms. The van der Waals surface area contributed by atoms with Crippen molar-refractivity contribution in [1.29, 1.82) is 0 Å². The fraction of sp³-hybridized carbons (Fsp3) is 0.455. The lowest BCUT2D eigenvalue weighted by atomic mass is 9.93. The van der Waals surface area contributed by atoms with Gasteiger partial charge in [0.05, 0.1) is 0 Å². The average molecular weight is 359 g/mol. The third-order valence-corrected chi connectivity index (χ3v) is 4.15. The molecule has 0 amide bonds. The van der Waals surface area contributed by atoms with Gasteiger partial charge in [-0.05, 0) is 66.6 Å². The van der Waals surface area contributed by atoms with Crippen molar-refractivity contribution in [2.45, 2.75) is 47.6 Å². The highest BCUT2D eigenvalue weighted by molar-refractivity contribution is 5.59. The predicted molar refractivity (Wildman–Crippen MR) is 105 cm³/mol. The van der Waals surface area contributed by atoms with Crippen LogP contribution in [0.15, 0.2) is 36.4 Å². The Balaban J connectivity index is 1.88. The fourth-order valence-corrected chi connectivity index (χ4v) is 2.65. The summed E-state index contributed by atoms with van der Waals surface area (Å²) in [6.07, 6.45) is 1.03. The van der Waals surface area contributed by atoms with Crippen molar-refractivity contribution in [2.24, 2.45) is 5.41 Å². The van der Waals surface area contributed by atoms with Crippen molar-refractivity contribution in [3.05, 3.63) is 58.9 Å². The molecule has 142 valence electrons. The molecule has 2 rings (SSSR count). The van der Waals surface area contributed by atoms with Crippen LogP contribution >= 0.6 is 0 Å². The lowest BCUT2D eigenvalue weighted by Crippen LogP contribution is -2.14. The highest BCUT2D eigenvalue weighted by Crippen LogP contribution is 2.27. The number of hydrogen-bond donors (Lipinski definition) is 1. The standard InChI is InChI=1S/C22H30FNO2/c1-16-11-20(26-14-18-7-6-8-19(23)13-18)12-17(2)21(16)24-15-25-10-9-22(3,4)5/h6-8,11-13,24H,9-10,14-15H2,1-5H3. The van der Waals surface area contributed by atoms with Crippen molar-refractivity contribution in [3.63, 3.8) is 0 Å². The molecule has 0 spiro atoms. The van der Waals surface area contributed by atoms with Gasteiger partial charge in [0.15, 0.2) is 0 Å². The van der Waals surface area contributed by atoms with Gasteiger partial charge in [0, 0.05) is 12.3 Å². The maximum absolute atomic E-state index is 13.2. The van der Waals surface area contributed by atoms with Crippen LogP contribution < -0.4 is 10.1 Å². The summed E-state index contributed by atoms with van der Waals surface area (Å²) in [4.78, 5) is 0. The second kappa shape index (κ2) is 9.04. The SMILES string of the molecule is Cc1cc(OCc2cccc(F)c2)cc(C)c1NCOCCC(C)(C)C. The summed E-state index contributed by atoms with van der Waals surface area (Å²) in [6, 6.07) is 10.4. The lowest BCUT2D eigenvalue weighted by molar-refractivity contribution is 0.123. The van der Waals surface area contributed by atoms with E-state index in [0.29, 0.717) is 13.3 Å². The minimum Gasteiger partial charge on any atom is -0.489 e. The van der Waals surface area contributed by atoms with Gasteiger partial charge in [-0.3, -0.25) is 0 Å². The number of ether oxygens (including phenoxy) is 2. The van der Waals surface area contributed by atoms with E-state index in [1.165, 1.54) is 12.1 Å². The van der Waals surface area contributed by atoms with Crippen LogP contribution in [0.3, 0.4) is 0 Å². The van der Waals surface area contributed by atoms with Gasteiger partial charge in [-0.1, -0.05) is 32.9 Å². The molecular weight excluding hydrogens is 329 g/mol. The highest BCUT2D eigenvalue weighted by Gasteiger charge is 2.10. The Labute approximate surface area is 156 Å². The van der Waals surface area contributed by atoms with Crippen LogP contribution in [0.1, 0.15) is 43.9 Å². The highest BCUT2D eigenvalue weighted by atomic mass is 19.1. The molecule has 3 nitrogen and oxygen atoms in total. The molecule has 0 saturated heterocycles. The Morgan fingerprint density at radius 3 is 2.35 bits per heavy atom. The number of halogens is 1. The molecule has 1 N–H and O–H groups in total. The van der Waals surface area contributed by atoms with Gasteiger partial charge in [-0.25, -0.2) is 4.39 Å². The Morgan fingerprint density at radius 1 is 1.04 bits per heavy atom. The third kappa shape index (κ3) is 6.68. The van der Waals surface area contributed by atoms with Crippen LogP contribution in [0.25, 0.3) is 0 Å². The zero-order valence-electron chi connectivity index (χ0n) is 16.5. The van der Waals surface area contributed by atoms with E-state index in [1.54, 1.807) is 6.07 Å². The summed E-state index contributed by atoms with van der Waals surface area (Å²) in [5.41, 5.74) is 4.36. The number of benzene rings is 2. The second-order valence-corrected chi connectivity index (χ2v) is 7.89. The molecule has 0 aliphatic carbocycles. The Kier molecular flexibility index (Phi) is 7.04. The monoisotopic (exact) mass is 359 g/mol. The number of nitrogens with one attached hydrogen (secondary N) is 1. The van der Waals surface area contributed by atoms with Crippen LogP contribution in [0.4, 0.5) is 10.1 Å². The maximum Gasteiger partial charge on any atom is 0.123 e. The molecule has 0 aliphatic heterocycles. The zero-order chi connectivity index (χ0) is 19.2. The third-order valence-electron chi connectivity index (χ3n) is 4.15. The molecule has 0 fully saturated rings. The van der Waals surface area contributed by atoms with Crippen molar-refractivity contribution >= 4 is 5.69 Å².